The Balaban J connectivity index is 1.79. The van der Waals surface area contributed by atoms with E-state index in [0.29, 0.717) is 11.6 Å². The molecule has 2 N–H and O–H groups in total. The number of hydrogen-bond acceptors (Lipinski definition) is 2. The predicted octanol–water partition coefficient (Wildman–Crippen LogP) is 2.88. The van der Waals surface area contributed by atoms with E-state index in [9.17, 15) is 9.59 Å². The second kappa shape index (κ2) is 8.34. The lowest BCUT2D eigenvalue weighted by atomic mass is 10.0. The Hall–Kier alpha value is -2.33. The first-order valence-electron chi connectivity index (χ1n) is 7.42. The number of carbonyl (C=O) groups is 2. The molecule has 0 spiro atoms. The van der Waals surface area contributed by atoms with Gasteiger partial charge in [0.1, 0.15) is 0 Å². The summed E-state index contributed by atoms with van der Waals surface area (Å²) in [6.45, 7) is 2.62. The molecule has 0 heterocycles. The van der Waals surface area contributed by atoms with Crippen LogP contribution in [0.25, 0.3) is 0 Å². The fourth-order valence-electron chi connectivity index (χ4n) is 2.12. The van der Waals surface area contributed by atoms with Gasteiger partial charge in [0.15, 0.2) is 0 Å². The fourth-order valence-corrected chi connectivity index (χ4v) is 2.33. The second-order valence-electron chi connectivity index (χ2n) is 5.30. The van der Waals surface area contributed by atoms with Gasteiger partial charge in [-0.3, -0.25) is 9.59 Å². The molecule has 2 aromatic rings. The largest absolute Gasteiger partial charge is 0.347 e. The quantitative estimate of drug-likeness (QED) is 0.828. The van der Waals surface area contributed by atoms with Crippen LogP contribution in [0.1, 0.15) is 24.0 Å². The average molecular weight is 331 g/mol. The molecule has 4 nitrogen and oxygen atoms in total. The van der Waals surface area contributed by atoms with Crippen molar-refractivity contribution < 1.29 is 9.59 Å². The summed E-state index contributed by atoms with van der Waals surface area (Å²) in [5.41, 5.74) is 1.89. The number of amides is 2. The van der Waals surface area contributed by atoms with E-state index in [0.717, 1.165) is 11.1 Å². The summed E-state index contributed by atoms with van der Waals surface area (Å²) in [6, 6.07) is 17.0. The van der Waals surface area contributed by atoms with E-state index in [1.165, 1.54) is 0 Å². The molecule has 5 heteroatoms. The van der Waals surface area contributed by atoms with E-state index in [-0.39, 0.29) is 12.5 Å². The van der Waals surface area contributed by atoms with Crippen molar-refractivity contribution in [2.45, 2.75) is 19.4 Å². The van der Waals surface area contributed by atoms with E-state index in [1.807, 2.05) is 49.4 Å². The molecule has 23 heavy (non-hydrogen) atoms. The third-order valence-corrected chi connectivity index (χ3v) is 3.91. The highest BCUT2D eigenvalue weighted by molar-refractivity contribution is 6.35. The molecule has 0 aliphatic carbocycles. The topological polar surface area (TPSA) is 58.2 Å². The lowest BCUT2D eigenvalue weighted by molar-refractivity contribution is -0.139. The molecular weight excluding hydrogens is 312 g/mol. The molecule has 0 aromatic heterocycles. The normalized spacial score (nSPS) is 11.6. The average Bonchev–Trinajstić information content (AvgIpc) is 2.59. The highest BCUT2D eigenvalue weighted by Crippen LogP contribution is 2.14. The lowest BCUT2D eigenvalue weighted by Gasteiger charge is -2.13. The second-order valence-corrected chi connectivity index (χ2v) is 5.70. The number of benzene rings is 2. The van der Waals surface area contributed by atoms with Crippen LogP contribution in [0.2, 0.25) is 5.02 Å². The van der Waals surface area contributed by atoms with Gasteiger partial charge in [-0.15, -0.1) is 0 Å². The van der Waals surface area contributed by atoms with E-state index >= 15 is 0 Å². The van der Waals surface area contributed by atoms with E-state index < -0.39 is 11.8 Å². The van der Waals surface area contributed by atoms with Crippen LogP contribution in [0.15, 0.2) is 54.6 Å². The maximum absolute atomic E-state index is 11.8. The van der Waals surface area contributed by atoms with Crippen LogP contribution in [0.4, 0.5) is 0 Å². The minimum atomic E-state index is -0.662. The molecule has 0 bridgehead atoms. The Morgan fingerprint density at radius 2 is 1.57 bits per heavy atom. The summed E-state index contributed by atoms with van der Waals surface area (Å²) in [4.78, 5) is 23.6. The third-order valence-electron chi connectivity index (χ3n) is 3.54. The molecule has 0 aliphatic heterocycles. The van der Waals surface area contributed by atoms with Crippen molar-refractivity contribution in [3.63, 3.8) is 0 Å². The highest BCUT2D eigenvalue weighted by atomic mass is 35.5. The van der Waals surface area contributed by atoms with Crippen molar-refractivity contribution in [3.8, 4) is 0 Å². The lowest BCUT2D eigenvalue weighted by Crippen LogP contribution is -2.40. The zero-order valence-electron chi connectivity index (χ0n) is 12.9. The standard InChI is InChI=1S/C18H19ClN2O2/c1-13(14-7-3-2-4-8-14)11-20-17(22)18(23)21-12-15-9-5-6-10-16(15)19/h2-10,13H,11-12H2,1H3,(H,20,22)(H,21,23)/t13-/m0/s1. The summed E-state index contributed by atoms with van der Waals surface area (Å²) in [6.07, 6.45) is 0. The Morgan fingerprint density at radius 1 is 0.957 bits per heavy atom. The zero-order chi connectivity index (χ0) is 16.7. The Bertz CT molecular complexity index is 674. The molecule has 0 radical (unpaired) electrons. The number of halogens is 1. The SMILES string of the molecule is C[C@@H](CNC(=O)C(=O)NCc1ccccc1Cl)c1ccccc1. The molecule has 2 rings (SSSR count). The van der Waals surface area contributed by atoms with Crippen LogP contribution in [-0.4, -0.2) is 18.4 Å². The number of carbonyl (C=O) groups excluding carboxylic acids is 2. The van der Waals surface area contributed by atoms with Crippen molar-refractivity contribution >= 4 is 23.4 Å². The minimum absolute atomic E-state index is 0.136. The molecule has 0 aliphatic rings. The summed E-state index contributed by atoms with van der Waals surface area (Å²) in [7, 11) is 0. The molecule has 0 saturated carbocycles. The van der Waals surface area contributed by atoms with Gasteiger partial charge < -0.3 is 10.6 Å². The third kappa shape index (κ3) is 5.11. The maximum atomic E-state index is 11.8. The van der Waals surface area contributed by atoms with Gasteiger partial charge in [0.2, 0.25) is 0 Å². The summed E-state index contributed by atoms with van der Waals surface area (Å²) in [5.74, 6) is -1.17. The number of rotatable bonds is 5. The Morgan fingerprint density at radius 3 is 2.26 bits per heavy atom. The highest BCUT2D eigenvalue weighted by Gasteiger charge is 2.15. The van der Waals surface area contributed by atoms with E-state index in [2.05, 4.69) is 10.6 Å². The fraction of sp³-hybridized carbons (Fsp3) is 0.222. The van der Waals surface area contributed by atoms with Crippen molar-refractivity contribution in [3.05, 3.63) is 70.7 Å². The van der Waals surface area contributed by atoms with Crippen molar-refractivity contribution in [1.29, 1.82) is 0 Å². The minimum Gasteiger partial charge on any atom is -0.347 e. The van der Waals surface area contributed by atoms with Gasteiger partial charge in [0.25, 0.3) is 0 Å². The molecule has 0 fully saturated rings. The summed E-state index contributed by atoms with van der Waals surface area (Å²) < 4.78 is 0. The predicted molar refractivity (Wildman–Crippen MR) is 91.2 cm³/mol. The van der Waals surface area contributed by atoms with Gasteiger partial charge in [0, 0.05) is 18.1 Å². The van der Waals surface area contributed by atoms with Crippen LogP contribution in [0.5, 0.6) is 0 Å². The van der Waals surface area contributed by atoms with Crippen molar-refractivity contribution in [2.24, 2.45) is 0 Å². The monoisotopic (exact) mass is 330 g/mol. The molecule has 2 aromatic carbocycles. The zero-order valence-corrected chi connectivity index (χ0v) is 13.6. The van der Waals surface area contributed by atoms with E-state index in [4.69, 9.17) is 11.6 Å². The molecular formula is C18H19ClN2O2. The van der Waals surface area contributed by atoms with Crippen LogP contribution >= 0.6 is 11.6 Å². The molecule has 0 unspecified atom stereocenters. The molecule has 2 amide bonds. The van der Waals surface area contributed by atoms with Crippen LogP contribution in [-0.2, 0) is 16.1 Å². The van der Waals surface area contributed by atoms with Gasteiger partial charge in [0.05, 0.1) is 0 Å². The van der Waals surface area contributed by atoms with Gasteiger partial charge >= 0.3 is 11.8 Å². The van der Waals surface area contributed by atoms with Gasteiger partial charge in [-0.25, -0.2) is 0 Å². The summed E-state index contributed by atoms with van der Waals surface area (Å²) >= 11 is 6.01. The Labute approximate surface area is 140 Å². The van der Waals surface area contributed by atoms with Crippen LogP contribution < -0.4 is 10.6 Å². The number of hydrogen-bond donors (Lipinski definition) is 2. The molecule has 1 atom stereocenters. The first kappa shape index (κ1) is 17.0. The van der Waals surface area contributed by atoms with Gasteiger partial charge in [-0.05, 0) is 23.1 Å². The van der Waals surface area contributed by atoms with Crippen LogP contribution in [0.3, 0.4) is 0 Å². The van der Waals surface area contributed by atoms with Crippen molar-refractivity contribution in [1.82, 2.24) is 10.6 Å². The van der Waals surface area contributed by atoms with Crippen LogP contribution in [0, 0.1) is 0 Å². The Kier molecular flexibility index (Phi) is 6.18. The first-order valence-corrected chi connectivity index (χ1v) is 7.80. The molecule has 120 valence electrons. The smallest absolute Gasteiger partial charge is 0.309 e. The van der Waals surface area contributed by atoms with E-state index in [1.54, 1.807) is 12.1 Å². The number of nitrogens with one attached hydrogen (secondary N) is 2. The molecule has 0 saturated heterocycles. The first-order chi connectivity index (χ1) is 11.1. The van der Waals surface area contributed by atoms with Gasteiger partial charge in [-0.2, -0.15) is 0 Å². The summed E-state index contributed by atoms with van der Waals surface area (Å²) in [5, 5.41) is 5.78. The maximum Gasteiger partial charge on any atom is 0.309 e. The van der Waals surface area contributed by atoms with Crippen molar-refractivity contribution in [2.75, 3.05) is 6.54 Å². The van der Waals surface area contributed by atoms with Gasteiger partial charge in [-0.1, -0.05) is 67.1 Å².